The molecule has 4 nitrogen and oxygen atoms in total. The van der Waals surface area contributed by atoms with Crippen LogP contribution < -0.4 is 9.47 Å². The van der Waals surface area contributed by atoms with Gasteiger partial charge in [0.05, 0.1) is 20.3 Å². The first-order valence-electron chi connectivity index (χ1n) is 8.72. The predicted octanol–water partition coefficient (Wildman–Crippen LogP) is 3.06. The van der Waals surface area contributed by atoms with Gasteiger partial charge in [0.15, 0.2) is 0 Å². The molecule has 2 aliphatic rings. The number of ether oxygens (including phenoxy) is 2. The van der Waals surface area contributed by atoms with E-state index in [0.29, 0.717) is 11.8 Å². The van der Waals surface area contributed by atoms with Gasteiger partial charge in [-0.25, -0.2) is 0 Å². The minimum atomic E-state index is -0.0796. The van der Waals surface area contributed by atoms with Crippen LogP contribution in [0.2, 0.25) is 0 Å². The van der Waals surface area contributed by atoms with Crippen molar-refractivity contribution in [3.63, 3.8) is 0 Å². The highest BCUT2D eigenvalue weighted by atomic mass is 16.5. The lowest BCUT2D eigenvalue weighted by atomic mass is 10.0. The minimum absolute atomic E-state index is 0.0796. The van der Waals surface area contributed by atoms with Crippen LogP contribution >= 0.6 is 0 Å². The normalized spacial score (nSPS) is 26.7. The summed E-state index contributed by atoms with van der Waals surface area (Å²) < 4.78 is 11.1. The number of hydrogen-bond donors (Lipinski definition) is 1. The Balaban J connectivity index is 1.65. The van der Waals surface area contributed by atoms with Crippen molar-refractivity contribution in [1.82, 2.24) is 4.90 Å². The van der Waals surface area contributed by atoms with E-state index in [-0.39, 0.29) is 6.10 Å². The number of aliphatic hydroxyl groups is 1. The summed E-state index contributed by atoms with van der Waals surface area (Å²) in [6.07, 6.45) is 1.85. The summed E-state index contributed by atoms with van der Waals surface area (Å²) in [7, 11) is 3.43. The second-order valence-corrected chi connectivity index (χ2v) is 7.15. The van der Waals surface area contributed by atoms with Gasteiger partial charge in [0.1, 0.15) is 11.5 Å². The van der Waals surface area contributed by atoms with Gasteiger partial charge in [0.2, 0.25) is 0 Å². The van der Waals surface area contributed by atoms with E-state index in [0.717, 1.165) is 54.7 Å². The summed E-state index contributed by atoms with van der Waals surface area (Å²) >= 11 is 0. The number of rotatable bonds is 4. The lowest BCUT2D eigenvalue weighted by molar-refractivity contribution is 0.161. The van der Waals surface area contributed by atoms with E-state index < -0.39 is 0 Å². The van der Waals surface area contributed by atoms with Crippen molar-refractivity contribution in [2.45, 2.75) is 25.5 Å². The zero-order chi connectivity index (χ0) is 16.7. The number of likely N-dealkylation sites (tertiary alicyclic amines) is 1. The molecule has 24 heavy (non-hydrogen) atoms. The number of nitrogens with zero attached hydrogens (tertiary/aromatic N) is 1. The number of hydrogen-bond acceptors (Lipinski definition) is 4. The lowest BCUT2D eigenvalue weighted by Gasteiger charge is -2.20. The second kappa shape index (κ2) is 6.26. The van der Waals surface area contributed by atoms with Crippen LogP contribution in [0.15, 0.2) is 30.3 Å². The summed E-state index contributed by atoms with van der Waals surface area (Å²) in [6.45, 7) is 3.10. The van der Waals surface area contributed by atoms with Crippen molar-refractivity contribution >= 4 is 10.8 Å². The Morgan fingerprint density at radius 3 is 2.38 bits per heavy atom. The molecule has 1 N–H and O–H groups in total. The Hall–Kier alpha value is -1.78. The van der Waals surface area contributed by atoms with E-state index in [1.54, 1.807) is 14.2 Å². The van der Waals surface area contributed by atoms with Crippen molar-refractivity contribution < 1.29 is 14.6 Å². The van der Waals surface area contributed by atoms with E-state index in [4.69, 9.17) is 9.47 Å². The van der Waals surface area contributed by atoms with Crippen molar-refractivity contribution in [1.29, 1.82) is 0 Å². The Kier molecular flexibility index (Phi) is 4.10. The zero-order valence-corrected chi connectivity index (χ0v) is 14.4. The maximum atomic E-state index is 9.83. The highest BCUT2D eigenvalue weighted by Gasteiger charge is 2.40. The van der Waals surface area contributed by atoms with E-state index in [9.17, 15) is 5.11 Å². The summed E-state index contributed by atoms with van der Waals surface area (Å²) in [4.78, 5) is 2.52. The van der Waals surface area contributed by atoms with Gasteiger partial charge in [0.25, 0.3) is 0 Å². The van der Waals surface area contributed by atoms with Crippen LogP contribution in [0.1, 0.15) is 18.4 Å². The molecule has 0 amide bonds. The van der Waals surface area contributed by atoms with Gasteiger partial charge in [-0.15, -0.1) is 0 Å². The van der Waals surface area contributed by atoms with E-state index >= 15 is 0 Å². The maximum absolute atomic E-state index is 9.83. The van der Waals surface area contributed by atoms with Crippen molar-refractivity contribution in [3.05, 3.63) is 35.9 Å². The average Bonchev–Trinajstić information content (AvgIpc) is 3.11. The Morgan fingerprint density at radius 1 is 1.00 bits per heavy atom. The summed E-state index contributed by atoms with van der Waals surface area (Å²) in [5, 5.41) is 12.1. The molecule has 1 aliphatic heterocycles. The van der Waals surface area contributed by atoms with Crippen molar-refractivity contribution in [2.75, 3.05) is 27.3 Å². The molecule has 2 aromatic rings. The molecule has 1 heterocycles. The van der Waals surface area contributed by atoms with Crippen LogP contribution in [0, 0.1) is 11.8 Å². The molecule has 2 aromatic carbocycles. The molecule has 3 atom stereocenters. The van der Waals surface area contributed by atoms with Crippen LogP contribution in [0.25, 0.3) is 10.8 Å². The summed E-state index contributed by atoms with van der Waals surface area (Å²) in [6, 6.07) is 10.3. The summed E-state index contributed by atoms with van der Waals surface area (Å²) in [5.74, 6) is 3.10. The fourth-order valence-corrected chi connectivity index (χ4v) is 4.63. The van der Waals surface area contributed by atoms with Crippen LogP contribution in [-0.2, 0) is 6.54 Å². The largest absolute Gasteiger partial charge is 0.496 e. The van der Waals surface area contributed by atoms with Gasteiger partial charge in [-0.05, 0) is 42.4 Å². The van der Waals surface area contributed by atoms with Crippen LogP contribution in [0.3, 0.4) is 0 Å². The van der Waals surface area contributed by atoms with Crippen LogP contribution in [0.5, 0.6) is 11.5 Å². The topological polar surface area (TPSA) is 41.9 Å². The number of fused-ring (bicyclic) bond motifs is 2. The third-order valence-electron chi connectivity index (χ3n) is 5.68. The molecule has 0 radical (unpaired) electrons. The van der Waals surface area contributed by atoms with E-state index in [1.165, 1.54) is 5.56 Å². The standard InChI is InChI=1S/C20H25NO3/c1-23-18-7-6-13(20-17(18)4-3-5-19(20)24-2)10-21-11-14-8-16(22)9-15(14)12-21/h3-7,14-16,22H,8-12H2,1-2H3/t14-,15+,16?. The Morgan fingerprint density at radius 2 is 1.71 bits per heavy atom. The molecule has 1 saturated carbocycles. The van der Waals surface area contributed by atoms with Gasteiger partial charge < -0.3 is 14.6 Å². The van der Waals surface area contributed by atoms with Gasteiger partial charge in [0, 0.05) is 30.4 Å². The molecule has 2 fully saturated rings. The highest BCUT2D eigenvalue weighted by Crippen LogP contribution is 2.40. The average molecular weight is 327 g/mol. The van der Waals surface area contributed by atoms with E-state index in [1.807, 2.05) is 12.1 Å². The van der Waals surface area contributed by atoms with Crippen LogP contribution in [0.4, 0.5) is 0 Å². The van der Waals surface area contributed by atoms with Gasteiger partial charge in [-0.2, -0.15) is 0 Å². The molecule has 0 aromatic heterocycles. The Labute approximate surface area is 143 Å². The van der Waals surface area contributed by atoms with Gasteiger partial charge >= 0.3 is 0 Å². The summed E-state index contributed by atoms with van der Waals surface area (Å²) in [5.41, 5.74) is 1.28. The molecular weight excluding hydrogens is 302 g/mol. The smallest absolute Gasteiger partial charge is 0.127 e. The predicted molar refractivity (Wildman–Crippen MR) is 94.5 cm³/mol. The first kappa shape index (κ1) is 15.7. The minimum Gasteiger partial charge on any atom is -0.496 e. The fourth-order valence-electron chi connectivity index (χ4n) is 4.63. The lowest BCUT2D eigenvalue weighted by Crippen LogP contribution is -2.22. The van der Waals surface area contributed by atoms with Gasteiger partial charge in [-0.1, -0.05) is 18.2 Å². The quantitative estimate of drug-likeness (QED) is 0.937. The van der Waals surface area contributed by atoms with Crippen molar-refractivity contribution in [2.24, 2.45) is 11.8 Å². The molecule has 4 heteroatoms. The third-order valence-corrected chi connectivity index (χ3v) is 5.68. The van der Waals surface area contributed by atoms with E-state index in [2.05, 4.69) is 23.1 Å². The molecule has 1 unspecified atom stereocenters. The van der Waals surface area contributed by atoms with Crippen LogP contribution in [-0.4, -0.2) is 43.4 Å². The molecule has 4 rings (SSSR count). The highest BCUT2D eigenvalue weighted by molar-refractivity contribution is 5.95. The number of methoxy groups -OCH3 is 2. The molecule has 128 valence electrons. The molecule has 1 aliphatic carbocycles. The SMILES string of the molecule is COc1ccc(CN2C[C@H]3CC(O)C[C@H]3C2)c2c(OC)cccc12. The Bertz CT molecular complexity index is 731. The first-order chi connectivity index (χ1) is 11.7. The fraction of sp³-hybridized carbons (Fsp3) is 0.500. The molecular formula is C20H25NO3. The molecule has 0 bridgehead atoms. The molecule has 1 saturated heterocycles. The monoisotopic (exact) mass is 327 g/mol. The zero-order valence-electron chi connectivity index (χ0n) is 14.4. The maximum Gasteiger partial charge on any atom is 0.127 e. The number of benzene rings is 2. The van der Waals surface area contributed by atoms with Crippen molar-refractivity contribution in [3.8, 4) is 11.5 Å². The third kappa shape index (κ3) is 2.64. The first-order valence-corrected chi connectivity index (χ1v) is 8.72. The number of aliphatic hydroxyl groups excluding tert-OH is 1. The second-order valence-electron chi connectivity index (χ2n) is 7.15. The molecule has 0 spiro atoms. The van der Waals surface area contributed by atoms with Gasteiger partial charge in [-0.3, -0.25) is 4.90 Å².